The highest BCUT2D eigenvalue weighted by atomic mass is 16.2. The van der Waals surface area contributed by atoms with Gasteiger partial charge in [-0.1, -0.05) is 45.7 Å². The van der Waals surface area contributed by atoms with Crippen LogP contribution in [0.25, 0.3) is 0 Å². The minimum Gasteiger partial charge on any atom is -0.274 e. The maximum absolute atomic E-state index is 12.1. The Hall–Kier alpha value is -1.64. The predicted octanol–water partition coefficient (Wildman–Crippen LogP) is 3.89. The van der Waals surface area contributed by atoms with Crippen molar-refractivity contribution in [1.29, 1.82) is 0 Å². The second-order valence-electron chi connectivity index (χ2n) is 6.68. The first-order chi connectivity index (χ1) is 9.40. The summed E-state index contributed by atoms with van der Waals surface area (Å²) in [5.74, 6) is -0.275. The molecular formula is C17H23NO2. The normalized spacial score (nSPS) is 14.8. The largest absolute Gasteiger partial charge is 0.274 e. The molecule has 2 rings (SSSR count). The van der Waals surface area contributed by atoms with Crippen molar-refractivity contribution in [3.8, 4) is 0 Å². The van der Waals surface area contributed by atoms with Crippen LogP contribution in [0.3, 0.4) is 0 Å². The molecule has 20 heavy (non-hydrogen) atoms. The van der Waals surface area contributed by atoms with Gasteiger partial charge in [0.1, 0.15) is 0 Å². The molecule has 1 aromatic carbocycles. The number of amides is 2. The SMILES string of the molecule is CC(C)(C)CCCCCN1C(=O)c2ccccc2C1=O. The van der Waals surface area contributed by atoms with Gasteiger partial charge in [-0.3, -0.25) is 14.5 Å². The molecule has 0 unspecified atom stereocenters. The summed E-state index contributed by atoms with van der Waals surface area (Å²) in [6.45, 7) is 7.24. The Labute approximate surface area is 121 Å². The van der Waals surface area contributed by atoms with Crippen molar-refractivity contribution in [3.63, 3.8) is 0 Å². The number of carbonyl (C=O) groups is 2. The molecule has 0 N–H and O–H groups in total. The van der Waals surface area contributed by atoms with E-state index in [4.69, 9.17) is 0 Å². The second-order valence-corrected chi connectivity index (χ2v) is 6.68. The molecule has 0 aromatic heterocycles. The van der Waals surface area contributed by atoms with Crippen molar-refractivity contribution >= 4 is 11.8 Å². The molecule has 2 amide bonds. The van der Waals surface area contributed by atoms with Crippen molar-refractivity contribution in [2.24, 2.45) is 5.41 Å². The van der Waals surface area contributed by atoms with Gasteiger partial charge >= 0.3 is 0 Å². The summed E-state index contributed by atoms with van der Waals surface area (Å²) < 4.78 is 0. The average Bonchev–Trinajstić information content (AvgIpc) is 2.62. The number of hydrogen-bond acceptors (Lipinski definition) is 2. The molecule has 3 heteroatoms. The van der Waals surface area contributed by atoms with E-state index in [1.807, 2.05) is 0 Å². The van der Waals surface area contributed by atoms with E-state index in [1.54, 1.807) is 24.3 Å². The first kappa shape index (κ1) is 14.8. The summed E-state index contributed by atoms with van der Waals surface area (Å²) in [5, 5.41) is 0. The van der Waals surface area contributed by atoms with Gasteiger partial charge in [0.05, 0.1) is 11.1 Å². The third-order valence-corrected chi connectivity index (χ3v) is 3.69. The Morgan fingerprint density at radius 1 is 0.900 bits per heavy atom. The van der Waals surface area contributed by atoms with Gasteiger partial charge in [0.15, 0.2) is 0 Å². The summed E-state index contributed by atoms with van der Waals surface area (Å²) in [5.41, 5.74) is 1.45. The standard InChI is InChI=1S/C17H23NO2/c1-17(2,3)11-7-4-8-12-18-15(19)13-9-5-6-10-14(13)16(18)20/h5-6,9-10H,4,7-8,11-12H2,1-3H3. The molecule has 1 heterocycles. The van der Waals surface area contributed by atoms with E-state index in [1.165, 1.54) is 11.3 Å². The number of fused-ring (bicyclic) bond motifs is 1. The van der Waals surface area contributed by atoms with E-state index in [2.05, 4.69) is 20.8 Å². The zero-order chi connectivity index (χ0) is 14.8. The van der Waals surface area contributed by atoms with Gasteiger partial charge in [-0.25, -0.2) is 0 Å². The molecule has 0 saturated carbocycles. The Morgan fingerprint density at radius 2 is 1.45 bits per heavy atom. The van der Waals surface area contributed by atoms with Crippen LogP contribution in [0.5, 0.6) is 0 Å². The minimum absolute atomic E-state index is 0.138. The van der Waals surface area contributed by atoms with Crippen LogP contribution < -0.4 is 0 Å². The number of nitrogens with zero attached hydrogens (tertiary/aromatic N) is 1. The zero-order valence-corrected chi connectivity index (χ0v) is 12.6. The van der Waals surface area contributed by atoms with E-state index >= 15 is 0 Å². The van der Waals surface area contributed by atoms with E-state index in [9.17, 15) is 9.59 Å². The van der Waals surface area contributed by atoms with Crippen LogP contribution >= 0.6 is 0 Å². The van der Waals surface area contributed by atoms with Gasteiger partial charge in [-0.15, -0.1) is 0 Å². The fourth-order valence-electron chi connectivity index (χ4n) is 2.54. The molecule has 1 aromatic rings. The molecule has 0 saturated heterocycles. The molecule has 0 radical (unpaired) electrons. The second kappa shape index (κ2) is 5.78. The van der Waals surface area contributed by atoms with Crippen LogP contribution in [0.4, 0.5) is 0 Å². The van der Waals surface area contributed by atoms with E-state index < -0.39 is 0 Å². The molecular weight excluding hydrogens is 250 g/mol. The Bertz CT molecular complexity index is 479. The highest BCUT2D eigenvalue weighted by Gasteiger charge is 2.34. The summed E-state index contributed by atoms with van der Waals surface area (Å²) in [4.78, 5) is 25.7. The number of rotatable bonds is 5. The van der Waals surface area contributed by atoms with Crippen LogP contribution in [-0.2, 0) is 0 Å². The minimum atomic E-state index is -0.138. The molecule has 108 valence electrons. The van der Waals surface area contributed by atoms with Gasteiger partial charge in [0.25, 0.3) is 11.8 Å². The van der Waals surface area contributed by atoms with Crippen molar-refractivity contribution in [2.75, 3.05) is 6.54 Å². The predicted molar refractivity (Wildman–Crippen MR) is 79.7 cm³/mol. The first-order valence-electron chi connectivity index (χ1n) is 7.35. The lowest BCUT2D eigenvalue weighted by molar-refractivity contribution is 0.0651. The average molecular weight is 273 g/mol. The lowest BCUT2D eigenvalue weighted by Crippen LogP contribution is -2.30. The smallest absolute Gasteiger partial charge is 0.261 e. The van der Waals surface area contributed by atoms with Gasteiger partial charge < -0.3 is 0 Å². The number of unbranched alkanes of at least 4 members (excludes halogenated alkanes) is 2. The fraction of sp³-hybridized carbons (Fsp3) is 0.529. The topological polar surface area (TPSA) is 37.4 Å². The molecule has 0 bridgehead atoms. The highest BCUT2D eigenvalue weighted by molar-refractivity contribution is 6.21. The van der Waals surface area contributed by atoms with E-state index in [-0.39, 0.29) is 11.8 Å². The maximum atomic E-state index is 12.1. The Kier molecular flexibility index (Phi) is 4.26. The number of hydrogen-bond donors (Lipinski definition) is 0. The summed E-state index contributed by atoms with van der Waals surface area (Å²) in [6, 6.07) is 7.07. The zero-order valence-electron chi connectivity index (χ0n) is 12.6. The number of imide groups is 1. The number of benzene rings is 1. The summed E-state index contributed by atoms with van der Waals surface area (Å²) in [7, 11) is 0. The van der Waals surface area contributed by atoms with Crippen molar-refractivity contribution < 1.29 is 9.59 Å². The van der Waals surface area contributed by atoms with Gasteiger partial charge in [-0.2, -0.15) is 0 Å². The quantitative estimate of drug-likeness (QED) is 0.603. The number of carbonyl (C=O) groups excluding carboxylic acids is 2. The Balaban J connectivity index is 1.84. The molecule has 1 aliphatic heterocycles. The third kappa shape index (κ3) is 3.27. The van der Waals surface area contributed by atoms with Crippen LogP contribution in [0.2, 0.25) is 0 Å². The maximum Gasteiger partial charge on any atom is 0.261 e. The van der Waals surface area contributed by atoms with Crippen molar-refractivity contribution in [2.45, 2.75) is 46.5 Å². The van der Waals surface area contributed by atoms with Gasteiger partial charge in [0, 0.05) is 6.54 Å². The molecule has 0 spiro atoms. The first-order valence-corrected chi connectivity index (χ1v) is 7.35. The van der Waals surface area contributed by atoms with Crippen LogP contribution in [0, 0.1) is 5.41 Å². The molecule has 0 atom stereocenters. The van der Waals surface area contributed by atoms with Gasteiger partial charge in [0.2, 0.25) is 0 Å². The monoisotopic (exact) mass is 273 g/mol. The lowest BCUT2D eigenvalue weighted by Gasteiger charge is -2.18. The molecule has 3 nitrogen and oxygen atoms in total. The fourth-order valence-corrected chi connectivity index (χ4v) is 2.54. The third-order valence-electron chi connectivity index (χ3n) is 3.69. The van der Waals surface area contributed by atoms with Crippen LogP contribution in [0.1, 0.15) is 67.2 Å². The molecule has 0 fully saturated rings. The summed E-state index contributed by atoms with van der Waals surface area (Å²) >= 11 is 0. The lowest BCUT2D eigenvalue weighted by atomic mass is 9.89. The molecule has 1 aliphatic rings. The highest BCUT2D eigenvalue weighted by Crippen LogP contribution is 2.24. The molecule has 0 aliphatic carbocycles. The van der Waals surface area contributed by atoms with Crippen LogP contribution in [0.15, 0.2) is 24.3 Å². The van der Waals surface area contributed by atoms with Crippen molar-refractivity contribution in [3.05, 3.63) is 35.4 Å². The Morgan fingerprint density at radius 3 is 1.95 bits per heavy atom. The van der Waals surface area contributed by atoms with Crippen molar-refractivity contribution in [1.82, 2.24) is 4.90 Å². The van der Waals surface area contributed by atoms with Crippen LogP contribution in [-0.4, -0.2) is 23.3 Å². The van der Waals surface area contributed by atoms with Gasteiger partial charge in [-0.05, 0) is 30.4 Å². The van der Waals surface area contributed by atoms with E-state index in [0.717, 1.165) is 19.3 Å². The summed E-state index contributed by atoms with van der Waals surface area (Å²) in [6.07, 6.45) is 4.27. The van der Waals surface area contributed by atoms with E-state index in [0.29, 0.717) is 23.1 Å².